The van der Waals surface area contributed by atoms with Gasteiger partial charge in [-0.25, -0.2) is 4.39 Å². The van der Waals surface area contributed by atoms with Crippen LogP contribution in [0.1, 0.15) is 16.7 Å². The van der Waals surface area contributed by atoms with Gasteiger partial charge in [-0.15, -0.1) is 0 Å². The van der Waals surface area contributed by atoms with Gasteiger partial charge in [0.05, 0.1) is 5.69 Å². The fraction of sp³-hybridized carbons (Fsp3) is 0.143. The highest BCUT2D eigenvalue weighted by molar-refractivity contribution is 5.58. The van der Waals surface area contributed by atoms with Crippen LogP contribution in [0.15, 0.2) is 36.7 Å². The van der Waals surface area contributed by atoms with Gasteiger partial charge < -0.3 is 5.32 Å². The predicted octanol–water partition coefficient (Wildman–Crippen LogP) is 3.01. The molecule has 2 aromatic rings. The summed E-state index contributed by atoms with van der Waals surface area (Å²) < 4.78 is 13.4. The average Bonchev–Trinajstić information content (AvgIpc) is 2.38. The van der Waals surface area contributed by atoms with Crippen LogP contribution in [-0.2, 0) is 6.54 Å². The molecule has 0 bridgehead atoms. The van der Waals surface area contributed by atoms with E-state index >= 15 is 0 Å². The van der Waals surface area contributed by atoms with Crippen molar-refractivity contribution in [1.82, 2.24) is 4.98 Å². The fourth-order valence-corrected chi connectivity index (χ4v) is 1.68. The van der Waals surface area contributed by atoms with Crippen molar-refractivity contribution in [3.8, 4) is 6.07 Å². The number of rotatable bonds is 3. The first kappa shape index (κ1) is 12.1. The van der Waals surface area contributed by atoms with Crippen molar-refractivity contribution < 1.29 is 4.39 Å². The lowest BCUT2D eigenvalue weighted by molar-refractivity contribution is 0.624. The molecule has 0 fully saturated rings. The highest BCUT2D eigenvalue weighted by atomic mass is 19.1. The van der Waals surface area contributed by atoms with Crippen LogP contribution in [0.3, 0.4) is 0 Å². The Morgan fingerprint density at radius 2 is 2.22 bits per heavy atom. The normalized spacial score (nSPS) is 9.83. The highest BCUT2D eigenvalue weighted by Gasteiger charge is 2.07. The number of benzene rings is 1. The molecular formula is C14H12FN3. The SMILES string of the molecule is Cc1cnccc1CNc1cccc(F)c1C#N. The van der Waals surface area contributed by atoms with Gasteiger partial charge in [0, 0.05) is 18.9 Å². The molecule has 0 unspecified atom stereocenters. The summed E-state index contributed by atoms with van der Waals surface area (Å²) >= 11 is 0. The second kappa shape index (κ2) is 5.28. The number of hydrogen-bond donors (Lipinski definition) is 1. The number of anilines is 1. The molecule has 1 heterocycles. The minimum atomic E-state index is -0.506. The van der Waals surface area contributed by atoms with Gasteiger partial charge in [-0.1, -0.05) is 6.07 Å². The summed E-state index contributed by atoms with van der Waals surface area (Å²) in [4.78, 5) is 4.01. The summed E-state index contributed by atoms with van der Waals surface area (Å²) in [6.45, 7) is 2.49. The lowest BCUT2D eigenvalue weighted by Crippen LogP contribution is -2.04. The first-order valence-electron chi connectivity index (χ1n) is 5.54. The van der Waals surface area contributed by atoms with Crippen LogP contribution in [0.25, 0.3) is 0 Å². The zero-order chi connectivity index (χ0) is 13.0. The van der Waals surface area contributed by atoms with E-state index in [1.54, 1.807) is 24.5 Å². The number of pyridine rings is 1. The molecule has 0 spiro atoms. The number of nitrogens with zero attached hydrogens (tertiary/aromatic N) is 2. The van der Waals surface area contributed by atoms with Crippen LogP contribution < -0.4 is 5.32 Å². The number of nitriles is 1. The number of aryl methyl sites for hydroxylation is 1. The van der Waals surface area contributed by atoms with Crippen molar-refractivity contribution in [3.63, 3.8) is 0 Å². The summed E-state index contributed by atoms with van der Waals surface area (Å²) in [6, 6.07) is 8.31. The van der Waals surface area contributed by atoms with Gasteiger partial charge in [-0.3, -0.25) is 4.98 Å². The van der Waals surface area contributed by atoms with E-state index in [-0.39, 0.29) is 5.56 Å². The molecule has 0 radical (unpaired) electrons. The Morgan fingerprint density at radius 1 is 1.39 bits per heavy atom. The molecule has 0 aliphatic heterocycles. The van der Waals surface area contributed by atoms with Crippen molar-refractivity contribution >= 4 is 5.69 Å². The highest BCUT2D eigenvalue weighted by Crippen LogP contribution is 2.19. The van der Waals surface area contributed by atoms with Crippen LogP contribution in [0, 0.1) is 24.1 Å². The van der Waals surface area contributed by atoms with Gasteiger partial charge in [-0.2, -0.15) is 5.26 Å². The van der Waals surface area contributed by atoms with Crippen molar-refractivity contribution in [3.05, 3.63) is 59.2 Å². The maximum Gasteiger partial charge on any atom is 0.143 e. The quantitative estimate of drug-likeness (QED) is 0.898. The van der Waals surface area contributed by atoms with Gasteiger partial charge in [0.15, 0.2) is 0 Å². The molecule has 4 heteroatoms. The summed E-state index contributed by atoms with van der Waals surface area (Å²) in [7, 11) is 0. The van der Waals surface area contributed by atoms with Gasteiger partial charge >= 0.3 is 0 Å². The average molecular weight is 241 g/mol. The molecule has 2 rings (SSSR count). The first-order chi connectivity index (χ1) is 8.72. The predicted molar refractivity (Wildman–Crippen MR) is 67.4 cm³/mol. The van der Waals surface area contributed by atoms with Gasteiger partial charge in [0.2, 0.25) is 0 Å². The summed E-state index contributed by atoms with van der Waals surface area (Å²) in [5.74, 6) is -0.506. The zero-order valence-corrected chi connectivity index (χ0v) is 9.94. The smallest absolute Gasteiger partial charge is 0.143 e. The lowest BCUT2D eigenvalue weighted by Gasteiger charge is -2.10. The summed E-state index contributed by atoms with van der Waals surface area (Å²) in [5.41, 5.74) is 2.68. The summed E-state index contributed by atoms with van der Waals surface area (Å²) in [5, 5.41) is 12.0. The Morgan fingerprint density at radius 3 is 2.94 bits per heavy atom. The molecule has 0 atom stereocenters. The minimum absolute atomic E-state index is 0.0456. The second-order valence-electron chi connectivity index (χ2n) is 3.93. The molecule has 1 aromatic carbocycles. The van der Waals surface area contributed by atoms with Gasteiger partial charge in [0.25, 0.3) is 0 Å². The molecule has 90 valence electrons. The lowest BCUT2D eigenvalue weighted by atomic mass is 10.1. The molecule has 3 nitrogen and oxygen atoms in total. The largest absolute Gasteiger partial charge is 0.380 e. The molecule has 1 aromatic heterocycles. The third-order valence-corrected chi connectivity index (χ3v) is 2.73. The number of nitrogens with one attached hydrogen (secondary N) is 1. The zero-order valence-electron chi connectivity index (χ0n) is 9.94. The van der Waals surface area contributed by atoms with Crippen LogP contribution in [0.4, 0.5) is 10.1 Å². The van der Waals surface area contributed by atoms with Crippen LogP contribution >= 0.6 is 0 Å². The molecule has 0 saturated heterocycles. The molecule has 1 N–H and O–H groups in total. The van der Waals surface area contributed by atoms with E-state index in [0.717, 1.165) is 11.1 Å². The third kappa shape index (κ3) is 2.46. The topological polar surface area (TPSA) is 48.7 Å². The number of aromatic nitrogens is 1. The Balaban J connectivity index is 2.19. The Bertz CT molecular complexity index is 602. The van der Waals surface area contributed by atoms with Crippen molar-refractivity contribution in [2.45, 2.75) is 13.5 Å². The van der Waals surface area contributed by atoms with Crippen LogP contribution in [0.2, 0.25) is 0 Å². The Hall–Kier alpha value is -2.41. The minimum Gasteiger partial charge on any atom is -0.380 e. The Labute approximate surface area is 105 Å². The molecule has 0 aliphatic rings. The first-order valence-corrected chi connectivity index (χ1v) is 5.54. The summed E-state index contributed by atoms with van der Waals surface area (Å²) in [6.07, 6.45) is 3.48. The van der Waals surface area contributed by atoms with Crippen molar-refractivity contribution in [2.24, 2.45) is 0 Å². The van der Waals surface area contributed by atoms with E-state index in [2.05, 4.69) is 10.3 Å². The van der Waals surface area contributed by atoms with E-state index in [1.165, 1.54) is 6.07 Å². The number of hydrogen-bond acceptors (Lipinski definition) is 3. The standard InChI is InChI=1S/C14H12FN3/c1-10-8-17-6-5-11(10)9-18-14-4-2-3-13(15)12(14)7-16/h2-6,8,18H,9H2,1H3. The Kier molecular flexibility index (Phi) is 3.54. The van der Waals surface area contributed by atoms with E-state index in [1.807, 2.05) is 19.1 Å². The van der Waals surface area contributed by atoms with Crippen molar-refractivity contribution in [2.75, 3.05) is 5.32 Å². The van der Waals surface area contributed by atoms with Crippen molar-refractivity contribution in [1.29, 1.82) is 5.26 Å². The molecular weight excluding hydrogens is 229 g/mol. The second-order valence-corrected chi connectivity index (χ2v) is 3.93. The van der Waals surface area contributed by atoms with Gasteiger partial charge in [0.1, 0.15) is 17.4 Å². The molecule has 0 amide bonds. The number of halogens is 1. The maximum atomic E-state index is 13.4. The van der Waals surface area contributed by atoms with Crippen LogP contribution in [0.5, 0.6) is 0 Å². The van der Waals surface area contributed by atoms with E-state index in [0.29, 0.717) is 12.2 Å². The molecule has 0 aliphatic carbocycles. The van der Waals surface area contributed by atoms with E-state index < -0.39 is 5.82 Å². The molecule has 0 saturated carbocycles. The van der Waals surface area contributed by atoms with Crippen LogP contribution in [-0.4, -0.2) is 4.98 Å². The maximum absolute atomic E-state index is 13.4. The monoisotopic (exact) mass is 241 g/mol. The molecule has 18 heavy (non-hydrogen) atoms. The van der Waals surface area contributed by atoms with Gasteiger partial charge in [-0.05, 0) is 36.2 Å². The fourth-order valence-electron chi connectivity index (χ4n) is 1.68. The third-order valence-electron chi connectivity index (χ3n) is 2.73. The van der Waals surface area contributed by atoms with E-state index in [4.69, 9.17) is 5.26 Å². The van der Waals surface area contributed by atoms with E-state index in [9.17, 15) is 4.39 Å².